The number of oxazole rings is 1. The van der Waals surface area contributed by atoms with E-state index in [9.17, 15) is 4.79 Å². The van der Waals surface area contributed by atoms with E-state index in [1.165, 1.54) is 11.8 Å². The summed E-state index contributed by atoms with van der Waals surface area (Å²) in [7, 11) is 0. The number of furan rings is 1. The Hall–Kier alpha value is -2.25. The van der Waals surface area contributed by atoms with Crippen LogP contribution in [-0.4, -0.2) is 36.6 Å². The SMILES string of the molecule is CC[NH+](CC)CCC[C@@H](C)NC(=O)c1ccc(CSc2nc3cc(C)ccc3o2)o1. The van der Waals surface area contributed by atoms with Gasteiger partial charge >= 0.3 is 0 Å². The van der Waals surface area contributed by atoms with Crippen LogP contribution in [0.15, 0.2) is 44.4 Å². The van der Waals surface area contributed by atoms with Crippen LogP contribution in [0.3, 0.4) is 0 Å². The quantitative estimate of drug-likeness (QED) is 0.452. The highest BCUT2D eigenvalue weighted by molar-refractivity contribution is 7.98. The molecule has 0 aliphatic heterocycles. The number of amides is 1. The fourth-order valence-corrected chi connectivity index (χ4v) is 4.15. The first-order valence-corrected chi connectivity index (χ1v) is 11.7. The molecule has 6 nitrogen and oxygen atoms in total. The maximum Gasteiger partial charge on any atom is 0.287 e. The minimum Gasteiger partial charge on any atom is -0.455 e. The molecule has 1 atom stereocenters. The third-order valence-electron chi connectivity index (χ3n) is 5.29. The number of aromatic nitrogens is 1. The molecule has 0 bridgehead atoms. The lowest BCUT2D eigenvalue weighted by Crippen LogP contribution is -3.11. The van der Waals surface area contributed by atoms with Crippen LogP contribution in [0.2, 0.25) is 0 Å². The standard InChI is InChI=1S/C23H31N3O3S/c1-5-26(6-2)13-7-8-17(4)24-22(27)21-12-10-18(28-21)15-30-23-25-19-14-16(3)9-11-20(19)29-23/h9-12,14,17H,5-8,13,15H2,1-4H3,(H,24,27)/p+1/t17-/m1/s1. The van der Waals surface area contributed by atoms with Crippen molar-refractivity contribution in [3.8, 4) is 0 Å². The minimum atomic E-state index is -0.161. The summed E-state index contributed by atoms with van der Waals surface area (Å²) < 4.78 is 11.5. The first kappa shape index (κ1) is 22.4. The predicted molar refractivity (Wildman–Crippen MR) is 120 cm³/mol. The number of hydrogen-bond acceptors (Lipinski definition) is 5. The zero-order valence-electron chi connectivity index (χ0n) is 18.3. The zero-order chi connectivity index (χ0) is 21.5. The lowest BCUT2D eigenvalue weighted by molar-refractivity contribution is -0.896. The van der Waals surface area contributed by atoms with E-state index in [1.807, 2.05) is 38.1 Å². The number of aryl methyl sites for hydroxylation is 1. The topological polar surface area (TPSA) is 72.7 Å². The van der Waals surface area contributed by atoms with E-state index in [-0.39, 0.29) is 11.9 Å². The van der Waals surface area contributed by atoms with E-state index in [0.717, 1.165) is 54.9 Å². The van der Waals surface area contributed by atoms with Crippen LogP contribution in [0.1, 0.15) is 55.5 Å². The Kier molecular flexibility index (Phi) is 7.99. The average molecular weight is 431 g/mol. The molecule has 0 saturated heterocycles. The zero-order valence-corrected chi connectivity index (χ0v) is 19.1. The van der Waals surface area contributed by atoms with Crippen molar-refractivity contribution in [2.45, 2.75) is 57.6 Å². The van der Waals surface area contributed by atoms with E-state index in [2.05, 4.69) is 24.1 Å². The fourth-order valence-electron chi connectivity index (χ4n) is 3.42. The molecule has 0 aliphatic carbocycles. The normalized spacial score (nSPS) is 12.6. The Morgan fingerprint density at radius 1 is 1.20 bits per heavy atom. The van der Waals surface area contributed by atoms with Gasteiger partial charge in [-0.25, -0.2) is 4.98 Å². The van der Waals surface area contributed by atoms with Gasteiger partial charge in [0.2, 0.25) is 0 Å². The van der Waals surface area contributed by atoms with E-state index in [0.29, 0.717) is 16.7 Å². The van der Waals surface area contributed by atoms with Crippen LogP contribution in [0.25, 0.3) is 11.1 Å². The van der Waals surface area contributed by atoms with Gasteiger partial charge in [-0.1, -0.05) is 17.8 Å². The third-order valence-corrected chi connectivity index (χ3v) is 6.14. The summed E-state index contributed by atoms with van der Waals surface area (Å²) in [5, 5.41) is 3.64. The van der Waals surface area contributed by atoms with Gasteiger partial charge < -0.3 is 19.1 Å². The van der Waals surface area contributed by atoms with Crippen molar-refractivity contribution in [3.63, 3.8) is 0 Å². The van der Waals surface area contributed by atoms with Crippen molar-refractivity contribution in [2.75, 3.05) is 19.6 Å². The summed E-state index contributed by atoms with van der Waals surface area (Å²) >= 11 is 1.46. The molecule has 0 saturated carbocycles. The van der Waals surface area contributed by atoms with Gasteiger partial charge in [0.1, 0.15) is 11.3 Å². The van der Waals surface area contributed by atoms with E-state index in [1.54, 1.807) is 11.0 Å². The number of fused-ring (bicyclic) bond motifs is 1. The van der Waals surface area contributed by atoms with E-state index >= 15 is 0 Å². The summed E-state index contributed by atoms with van der Waals surface area (Å²) in [5.41, 5.74) is 2.78. The van der Waals surface area contributed by atoms with Gasteiger partial charge in [-0.15, -0.1) is 0 Å². The molecule has 0 spiro atoms. The summed E-state index contributed by atoms with van der Waals surface area (Å²) in [6.07, 6.45) is 2.07. The highest BCUT2D eigenvalue weighted by Crippen LogP contribution is 2.27. The van der Waals surface area contributed by atoms with Crippen molar-refractivity contribution >= 4 is 28.8 Å². The number of carbonyl (C=O) groups is 1. The molecule has 3 aromatic rings. The molecule has 2 heterocycles. The van der Waals surface area contributed by atoms with Crippen LogP contribution in [0.5, 0.6) is 0 Å². The van der Waals surface area contributed by atoms with Crippen LogP contribution in [0, 0.1) is 6.92 Å². The number of thioether (sulfide) groups is 1. The van der Waals surface area contributed by atoms with E-state index < -0.39 is 0 Å². The minimum absolute atomic E-state index is 0.124. The van der Waals surface area contributed by atoms with Crippen molar-refractivity contribution in [1.29, 1.82) is 0 Å². The maximum absolute atomic E-state index is 12.5. The molecule has 0 unspecified atom stereocenters. The second-order valence-electron chi connectivity index (χ2n) is 7.73. The van der Waals surface area contributed by atoms with Gasteiger partial charge in [-0.2, -0.15) is 0 Å². The van der Waals surface area contributed by atoms with Crippen molar-refractivity contribution in [2.24, 2.45) is 0 Å². The molecule has 162 valence electrons. The van der Waals surface area contributed by atoms with Crippen molar-refractivity contribution in [1.82, 2.24) is 10.3 Å². The largest absolute Gasteiger partial charge is 0.455 e. The number of benzene rings is 1. The molecule has 0 aliphatic rings. The smallest absolute Gasteiger partial charge is 0.287 e. The lowest BCUT2D eigenvalue weighted by Gasteiger charge is -2.17. The highest BCUT2D eigenvalue weighted by Gasteiger charge is 2.15. The second kappa shape index (κ2) is 10.7. The molecule has 0 radical (unpaired) electrons. The molecule has 2 N–H and O–H groups in total. The Balaban J connectivity index is 1.47. The number of rotatable bonds is 11. The highest BCUT2D eigenvalue weighted by atomic mass is 32.2. The number of carbonyl (C=O) groups excluding carboxylic acids is 1. The van der Waals surface area contributed by atoms with Gasteiger partial charge in [-0.05, 0) is 70.4 Å². The number of hydrogen-bond donors (Lipinski definition) is 2. The maximum atomic E-state index is 12.5. The molecule has 30 heavy (non-hydrogen) atoms. The molecule has 7 heteroatoms. The summed E-state index contributed by atoms with van der Waals surface area (Å²) in [6, 6.07) is 9.63. The Labute approximate surface area is 182 Å². The summed E-state index contributed by atoms with van der Waals surface area (Å²) in [6.45, 7) is 11.9. The van der Waals surface area contributed by atoms with Crippen molar-refractivity contribution < 1.29 is 18.5 Å². The van der Waals surface area contributed by atoms with Gasteiger partial charge in [0, 0.05) is 6.04 Å². The first-order valence-electron chi connectivity index (χ1n) is 10.7. The van der Waals surface area contributed by atoms with Crippen LogP contribution in [0.4, 0.5) is 0 Å². The number of nitrogens with one attached hydrogen (secondary N) is 2. The molecule has 3 rings (SSSR count). The van der Waals surface area contributed by atoms with E-state index in [4.69, 9.17) is 8.83 Å². The summed E-state index contributed by atoms with van der Waals surface area (Å²) in [4.78, 5) is 18.5. The molecule has 1 amide bonds. The van der Waals surface area contributed by atoms with Gasteiger partial charge in [-0.3, -0.25) is 4.79 Å². The van der Waals surface area contributed by atoms with Crippen molar-refractivity contribution in [3.05, 3.63) is 47.4 Å². The second-order valence-corrected chi connectivity index (χ2v) is 8.66. The predicted octanol–water partition coefficient (Wildman–Crippen LogP) is 3.84. The fraction of sp³-hybridized carbons (Fsp3) is 0.478. The Morgan fingerprint density at radius 3 is 2.77 bits per heavy atom. The molecule has 0 fully saturated rings. The van der Waals surface area contributed by atoms with Gasteiger partial charge in [0.05, 0.1) is 25.4 Å². The Bertz CT molecular complexity index is 962. The Morgan fingerprint density at radius 2 is 2.00 bits per heavy atom. The van der Waals surface area contributed by atoms with Gasteiger partial charge in [0.15, 0.2) is 11.3 Å². The van der Waals surface area contributed by atoms with Crippen LogP contribution >= 0.6 is 11.8 Å². The number of nitrogens with zero attached hydrogens (tertiary/aromatic N) is 1. The van der Waals surface area contributed by atoms with Gasteiger partial charge in [0.25, 0.3) is 11.1 Å². The average Bonchev–Trinajstić information content (AvgIpc) is 3.36. The first-order chi connectivity index (χ1) is 14.5. The number of quaternary nitrogens is 1. The van der Waals surface area contributed by atoms with Crippen LogP contribution < -0.4 is 10.2 Å². The summed E-state index contributed by atoms with van der Waals surface area (Å²) in [5.74, 6) is 1.47. The third kappa shape index (κ3) is 6.12. The lowest BCUT2D eigenvalue weighted by atomic mass is 10.1. The van der Waals surface area contributed by atoms with Crippen LogP contribution in [-0.2, 0) is 5.75 Å². The molecular formula is C23H32N3O3S+. The molecular weight excluding hydrogens is 398 g/mol. The molecule has 2 aromatic heterocycles. The monoisotopic (exact) mass is 430 g/mol. The molecule has 1 aromatic carbocycles.